The molecule has 0 bridgehead atoms. The molecule has 0 aliphatic carbocycles. The molecule has 0 fully saturated rings. The third-order valence-corrected chi connectivity index (χ3v) is 4.43. The molecule has 0 spiro atoms. The number of hydrogen-bond acceptors (Lipinski definition) is 4. The minimum absolute atomic E-state index is 0. The summed E-state index contributed by atoms with van der Waals surface area (Å²) in [6.07, 6.45) is 1.47. The highest BCUT2D eigenvalue weighted by atomic mass is 32.2. The van der Waals surface area contributed by atoms with E-state index in [1.54, 1.807) is 0 Å². The maximum absolute atomic E-state index is 12.0. The predicted octanol–water partition coefficient (Wildman–Crippen LogP) is 5.57. The van der Waals surface area contributed by atoms with Gasteiger partial charge in [-0.25, -0.2) is 0 Å². The maximum atomic E-state index is 12.0. The molecule has 0 aliphatic heterocycles. The molecule has 156 valence electrons. The van der Waals surface area contributed by atoms with Crippen molar-refractivity contribution >= 4 is 16.1 Å². The van der Waals surface area contributed by atoms with E-state index in [4.69, 9.17) is 9.29 Å². The molecule has 2 atom stereocenters. The van der Waals surface area contributed by atoms with Crippen molar-refractivity contribution in [2.45, 2.75) is 68.7 Å². The molecule has 6 heteroatoms. The molecule has 0 saturated heterocycles. The molecular formula is C20H40O5S. The molecule has 5 nitrogen and oxygen atoms in total. The number of hydrogen-bond donors (Lipinski definition) is 1. The summed E-state index contributed by atoms with van der Waals surface area (Å²) in [5.41, 5.74) is 1.18. The van der Waals surface area contributed by atoms with E-state index in [-0.39, 0.29) is 60.5 Å². The molecule has 0 aliphatic rings. The molecule has 1 aromatic carbocycles. The average molecular weight is 393 g/mol. The van der Waals surface area contributed by atoms with Crippen molar-refractivity contribution in [2.24, 2.45) is 5.92 Å². The summed E-state index contributed by atoms with van der Waals surface area (Å²) >= 11 is 0. The maximum Gasteiger partial charge on any atom is 0.308 e. The van der Waals surface area contributed by atoms with Crippen molar-refractivity contribution < 1.29 is 22.5 Å². The molecule has 2 unspecified atom stereocenters. The van der Waals surface area contributed by atoms with Crippen LogP contribution >= 0.6 is 0 Å². The highest BCUT2D eigenvalue weighted by Crippen LogP contribution is 2.25. The third kappa shape index (κ3) is 12.9. The first-order chi connectivity index (χ1) is 10.3. The van der Waals surface area contributed by atoms with Crippen LogP contribution in [0.15, 0.2) is 30.3 Å². The second-order valence-corrected chi connectivity index (χ2v) is 7.03. The first-order valence-electron chi connectivity index (χ1n) is 7.50. The van der Waals surface area contributed by atoms with Gasteiger partial charge in [-0.05, 0) is 30.7 Å². The first kappa shape index (κ1) is 32.3. The van der Waals surface area contributed by atoms with Crippen LogP contribution in [0, 0.1) is 5.92 Å². The minimum atomic E-state index is -3.99. The van der Waals surface area contributed by atoms with Crippen molar-refractivity contribution in [3.63, 3.8) is 0 Å². The van der Waals surface area contributed by atoms with E-state index < -0.39 is 15.9 Å². The molecular weight excluding hydrogens is 352 g/mol. The van der Waals surface area contributed by atoms with Crippen LogP contribution in [0.3, 0.4) is 0 Å². The second-order valence-electron chi connectivity index (χ2n) is 5.46. The smallest absolute Gasteiger partial charge is 0.308 e. The largest absolute Gasteiger partial charge is 0.465 e. The zero-order chi connectivity index (χ0) is 16.6. The van der Waals surface area contributed by atoms with Gasteiger partial charge in [0.1, 0.15) is 0 Å². The predicted molar refractivity (Wildman–Crippen MR) is 112 cm³/mol. The molecule has 0 amide bonds. The molecule has 1 aromatic rings. The van der Waals surface area contributed by atoms with Crippen molar-refractivity contribution in [3.8, 4) is 0 Å². The zero-order valence-corrected chi connectivity index (χ0v) is 13.9. The van der Waals surface area contributed by atoms with Crippen molar-refractivity contribution in [3.05, 3.63) is 35.9 Å². The Morgan fingerprint density at radius 2 is 1.65 bits per heavy atom. The van der Waals surface area contributed by atoms with Crippen molar-refractivity contribution in [2.75, 3.05) is 12.4 Å². The Morgan fingerprint density at radius 3 is 2.12 bits per heavy atom. The summed E-state index contributed by atoms with van der Waals surface area (Å²) in [6, 6.07) is 9.97. The van der Waals surface area contributed by atoms with Crippen LogP contribution in [-0.4, -0.2) is 31.3 Å². The van der Waals surface area contributed by atoms with Crippen LogP contribution in [-0.2, 0) is 19.6 Å². The van der Waals surface area contributed by atoms with Gasteiger partial charge >= 0.3 is 5.97 Å². The molecule has 0 aromatic heterocycles. The molecule has 0 saturated carbocycles. The van der Waals surface area contributed by atoms with E-state index in [0.717, 1.165) is 0 Å². The lowest BCUT2D eigenvalue weighted by Gasteiger charge is -2.19. The molecule has 0 radical (unpaired) electrons. The molecule has 1 rings (SSSR count). The fourth-order valence-electron chi connectivity index (χ4n) is 2.31. The lowest BCUT2D eigenvalue weighted by molar-refractivity contribution is -0.149. The Kier molecular flexibility index (Phi) is 19.6. The SMILES string of the molecule is C.C.C.C.CCC(CC(C)c1ccccc1)C(=O)OCCCS(=O)(=O)O. The lowest BCUT2D eigenvalue weighted by Crippen LogP contribution is -2.20. The summed E-state index contributed by atoms with van der Waals surface area (Å²) in [5.74, 6) is -0.657. The van der Waals surface area contributed by atoms with Crippen molar-refractivity contribution in [1.82, 2.24) is 0 Å². The fraction of sp³-hybridized carbons (Fsp3) is 0.650. The Morgan fingerprint density at radius 1 is 1.12 bits per heavy atom. The number of carbonyl (C=O) groups excluding carboxylic acids is 1. The van der Waals surface area contributed by atoms with Gasteiger partial charge in [0.05, 0.1) is 18.3 Å². The van der Waals surface area contributed by atoms with Gasteiger partial charge in [0.2, 0.25) is 0 Å². The van der Waals surface area contributed by atoms with Crippen LogP contribution in [0.5, 0.6) is 0 Å². The van der Waals surface area contributed by atoms with E-state index in [1.807, 2.05) is 37.3 Å². The first-order valence-corrected chi connectivity index (χ1v) is 9.11. The normalized spacial score (nSPS) is 12.1. The quantitative estimate of drug-likeness (QED) is 0.337. The Labute approximate surface area is 161 Å². The summed E-state index contributed by atoms with van der Waals surface area (Å²) in [6.45, 7) is 4.01. The van der Waals surface area contributed by atoms with Gasteiger partial charge in [-0.1, -0.05) is 73.9 Å². The topological polar surface area (TPSA) is 80.7 Å². The fourth-order valence-corrected chi connectivity index (χ4v) is 2.79. The molecule has 1 N–H and O–H groups in total. The van der Waals surface area contributed by atoms with E-state index in [0.29, 0.717) is 12.8 Å². The highest BCUT2D eigenvalue weighted by molar-refractivity contribution is 7.85. The zero-order valence-electron chi connectivity index (χ0n) is 13.1. The van der Waals surface area contributed by atoms with Crippen LogP contribution < -0.4 is 0 Å². The number of ether oxygens (including phenoxy) is 1. The standard InChI is InChI=1S/C16H24O5S.4CH4/c1-3-14(12-13(2)15-8-5-4-6-9-15)16(17)21-10-7-11-22(18,19)20;;;;/h4-6,8-9,13-14H,3,7,10-12H2,1-2H3,(H,18,19,20);4*1H4. The van der Waals surface area contributed by atoms with Gasteiger partial charge in [-0.3, -0.25) is 9.35 Å². The molecule has 26 heavy (non-hydrogen) atoms. The van der Waals surface area contributed by atoms with Gasteiger partial charge in [-0.15, -0.1) is 0 Å². The van der Waals surface area contributed by atoms with Gasteiger partial charge < -0.3 is 4.74 Å². The summed E-state index contributed by atoms with van der Waals surface area (Å²) in [4.78, 5) is 12.0. The number of benzene rings is 1. The van der Waals surface area contributed by atoms with Crippen LogP contribution in [0.25, 0.3) is 0 Å². The molecule has 0 heterocycles. The van der Waals surface area contributed by atoms with Gasteiger partial charge in [-0.2, -0.15) is 8.42 Å². The van der Waals surface area contributed by atoms with E-state index in [1.165, 1.54) is 5.56 Å². The highest BCUT2D eigenvalue weighted by Gasteiger charge is 2.21. The van der Waals surface area contributed by atoms with E-state index in [2.05, 4.69) is 6.92 Å². The van der Waals surface area contributed by atoms with E-state index >= 15 is 0 Å². The van der Waals surface area contributed by atoms with Crippen LogP contribution in [0.2, 0.25) is 0 Å². The number of esters is 1. The van der Waals surface area contributed by atoms with Crippen molar-refractivity contribution in [1.29, 1.82) is 0 Å². The van der Waals surface area contributed by atoms with E-state index in [9.17, 15) is 13.2 Å². The monoisotopic (exact) mass is 392 g/mol. The summed E-state index contributed by atoms with van der Waals surface area (Å²) < 4.78 is 34.9. The lowest BCUT2D eigenvalue weighted by atomic mass is 9.89. The summed E-state index contributed by atoms with van der Waals surface area (Å²) in [5, 5.41) is 0. The average Bonchev–Trinajstić information content (AvgIpc) is 2.48. The second kappa shape index (κ2) is 15.8. The third-order valence-electron chi connectivity index (χ3n) is 3.62. The van der Waals surface area contributed by atoms with Gasteiger partial charge in [0.25, 0.3) is 10.1 Å². The van der Waals surface area contributed by atoms with Crippen LogP contribution in [0.1, 0.15) is 74.3 Å². The Balaban J connectivity index is -0.000000605. The van der Waals surface area contributed by atoms with Gasteiger partial charge in [0, 0.05) is 0 Å². The van der Waals surface area contributed by atoms with Crippen LogP contribution in [0.4, 0.5) is 0 Å². The Bertz CT molecular complexity index is 555. The van der Waals surface area contributed by atoms with Gasteiger partial charge in [0.15, 0.2) is 0 Å². The summed E-state index contributed by atoms with van der Waals surface area (Å²) in [7, 11) is -3.99. The minimum Gasteiger partial charge on any atom is -0.465 e. The number of rotatable bonds is 9. The Hall–Kier alpha value is -1.40. The number of carbonyl (C=O) groups is 1.